The summed E-state index contributed by atoms with van der Waals surface area (Å²) in [5.41, 5.74) is 1.08. The minimum atomic E-state index is -0.174. The van der Waals surface area contributed by atoms with Gasteiger partial charge in [-0.2, -0.15) is 0 Å². The van der Waals surface area contributed by atoms with E-state index in [2.05, 4.69) is 24.2 Å². The maximum atomic E-state index is 12.8. The highest BCUT2D eigenvalue weighted by molar-refractivity contribution is 5.45. The van der Waals surface area contributed by atoms with Crippen molar-refractivity contribution in [3.05, 3.63) is 30.1 Å². The number of hydrogen-bond acceptors (Lipinski definition) is 2. The van der Waals surface area contributed by atoms with Gasteiger partial charge in [-0.25, -0.2) is 4.39 Å². The van der Waals surface area contributed by atoms with E-state index in [0.717, 1.165) is 24.7 Å². The summed E-state index contributed by atoms with van der Waals surface area (Å²) in [5, 5.41) is 3.54. The maximum absolute atomic E-state index is 12.8. The molecule has 0 amide bonds. The van der Waals surface area contributed by atoms with Gasteiger partial charge in [0.15, 0.2) is 0 Å². The summed E-state index contributed by atoms with van der Waals surface area (Å²) in [7, 11) is 2.07. The topological polar surface area (TPSA) is 15.3 Å². The highest BCUT2D eigenvalue weighted by Crippen LogP contribution is 2.33. The summed E-state index contributed by atoms with van der Waals surface area (Å²) in [5.74, 6) is 0.658. The van der Waals surface area contributed by atoms with E-state index in [4.69, 9.17) is 0 Å². The van der Waals surface area contributed by atoms with E-state index in [9.17, 15) is 4.39 Å². The SMILES string of the molecule is CCNC(CN(C)c1ccc(F)cc1)C1CC1. The first-order valence-electron chi connectivity index (χ1n) is 6.40. The highest BCUT2D eigenvalue weighted by atomic mass is 19.1. The van der Waals surface area contributed by atoms with Crippen molar-refractivity contribution in [1.82, 2.24) is 5.32 Å². The van der Waals surface area contributed by atoms with Gasteiger partial charge in [-0.05, 0) is 49.6 Å². The Bertz CT molecular complexity index is 346. The molecule has 1 N–H and O–H groups in total. The Balaban J connectivity index is 1.94. The van der Waals surface area contributed by atoms with Crippen molar-refractivity contribution in [2.75, 3.05) is 25.0 Å². The number of nitrogens with one attached hydrogen (secondary N) is 1. The average Bonchev–Trinajstić information content (AvgIpc) is 3.13. The largest absolute Gasteiger partial charge is 0.373 e. The Morgan fingerprint density at radius 3 is 2.53 bits per heavy atom. The van der Waals surface area contributed by atoms with E-state index in [-0.39, 0.29) is 5.82 Å². The molecule has 1 saturated carbocycles. The molecule has 17 heavy (non-hydrogen) atoms. The molecule has 1 fully saturated rings. The summed E-state index contributed by atoms with van der Waals surface area (Å²) < 4.78 is 12.8. The van der Waals surface area contributed by atoms with Crippen LogP contribution in [-0.4, -0.2) is 26.2 Å². The smallest absolute Gasteiger partial charge is 0.123 e. The Morgan fingerprint density at radius 1 is 1.35 bits per heavy atom. The second kappa shape index (κ2) is 5.50. The van der Waals surface area contributed by atoms with Crippen LogP contribution in [0.15, 0.2) is 24.3 Å². The lowest BCUT2D eigenvalue weighted by molar-refractivity contribution is 0.476. The number of nitrogens with zero attached hydrogens (tertiary/aromatic N) is 1. The van der Waals surface area contributed by atoms with Gasteiger partial charge in [-0.15, -0.1) is 0 Å². The first kappa shape index (κ1) is 12.4. The second-order valence-electron chi connectivity index (χ2n) is 4.86. The first-order valence-corrected chi connectivity index (χ1v) is 6.40. The first-order chi connectivity index (χ1) is 8.20. The Kier molecular flexibility index (Phi) is 4.00. The van der Waals surface area contributed by atoms with E-state index in [1.54, 1.807) is 0 Å². The quantitative estimate of drug-likeness (QED) is 0.817. The van der Waals surface area contributed by atoms with Crippen LogP contribution in [0, 0.1) is 11.7 Å². The van der Waals surface area contributed by atoms with Gasteiger partial charge in [-0.1, -0.05) is 6.92 Å². The zero-order valence-electron chi connectivity index (χ0n) is 10.6. The molecule has 1 atom stereocenters. The van der Waals surface area contributed by atoms with Crippen LogP contribution in [0.2, 0.25) is 0 Å². The minimum absolute atomic E-state index is 0.174. The molecule has 1 unspecified atom stereocenters. The molecule has 3 heteroatoms. The van der Waals surface area contributed by atoms with Crippen LogP contribution in [0.25, 0.3) is 0 Å². The molecule has 0 aromatic heterocycles. The standard InChI is InChI=1S/C14H21FN2/c1-3-16-14(11-4-5-11)10-17(2)13-8-6-12(15)7-9-13/h6-9,11,14,16H,3-5,10H2,1-2H3. The van der Waals surface area contributed by atoms with E-state index in [1.807, 2.05) is 12.1 Å². The molecule has 2 nitrogen and oxygen atoms in total. The number of benzene rings is 1. The Morgan fingerprint density at radius 2 is 2.00 bits per heavy atom. The molecular formula is C14H21FN2. The van der Waals surface area contributed by atoms with Crippen LogP contribution in [0.1, 0.15) is 19.8 Å². The summed E-state index contributed by atoms with van der Waals surface area (Å²) in [6.07, 6.45) is 2.68. The third kappa shape index (κ3) is 3.43. The number of rotatable bonds is 6. The number of hydrogen-bond donors (Lipinski definition) is 1. The van der Waals surface area contributed by atoms with E-state index in [0.29, 0.717) is 6.04 Å². The summed E-state index contributed by atoms with van der Waals surface area (Å²) in [6.45, 7) is 4.15. The van der Waals surface area contributed by atoms with Crippen molar-refractivity contribution in [3.8, 4) is 0 Å². The molecule has 1 aliphatic rings. The van der Waals surface area contributed by atoms with E-state index < -0.39 is 0 Å². The van der Waals surface area contributed by atoms with Gasteiger partial charge in [0.05, 0.1) is 0 Å². The molecule has 0 heterocycles. The van der Waals surface area contributed by atoms with Gasteiger partial charge in [0.2, 0.25) is 0 Å². The predicted molar refractivity (Wildman–Crippen MR) is 69.9 cm³/mol. The van der Waals surface area contributed by atoms with Crippen molar-refractivity contribution in [3.63, 3.8) is 0 Å². The lowest BCUT2D eigenvalue weighted by Crippen LogP contribution is -2.41. The van der Waals surface area contributed by atoms with E-state index >= 15 is 0 Å². The number of anilines is 1. The third-order valence-corrected chi connectivity index (χ3v) is 3.40. The average molecular weight is 236 g/mol. The van der Waals surface area contributed by atoms with E-state index in [1.165, 1.54) is 25.0 Å². The zero-order valence-corrected chi connectivity index (χ0v) is 10.6. The molecule has 0 saturated heterocycles. The maximum Gasteiger partial charge on any atom is 0.123 e. The molecule has 1 aromatic carbocycles. The number of halogens is 1. The van der Waals surface area contributed by atoms with Crippen molar-refractivity contribution in [2.45, 2.75) is 25.8 Å². The van der Waals surface area contributed by atoms with Gasteiger partial charge in [0, 0.05) is 25.3 Å². The zero-order chi connectivity index (χ0) is 12.3. The second-order valence-corrected chi connectivity index (χ2v) is 4.86. The Hall–Kier alpha value is -1.09. The molecule has 0 aliphatic heterocycles. The minimum Gasteiger partial charge on any atom is -0.373 e. The lowest BCUT2D eigenvalue weighted by Gasteiger charge is -2.26. The van der Waals surface area contributed by atoms with Gasteiger partial charge in [0.1, 0.15) is 5.82 Å². The molecule has 94 valence electrons. The van der Waals surface area contributed by atoms with Crippen LogP contribution < -0.4 is 10.2 Å². The lowest BCUT2D eigenvalue weighted by atomic mass is 10.1. The fourth-order valence-electron chi connectivity index (χ4n) is 2.24. The summed E-state index contributed by atoms with van der Waals surface area (Å²) >= 11 is 0. The normalized spacial score (nSPS) is 16.9. The highest BCUT2D eigenvalue weighted by Gasteiger charge is 2.31. The van der Waals surface area contributed by atoms with Crippen LogP contribution >= 0.6 is 0 Å². The van der Waals surface area contributed by atoms with Crippen molar-refractivity contribution < 1.29 is 4.39 Å². The molecular weight excluding hydrogens is 215 g/mol. The van der Waals surface area contributed by atoms with Gasteiger partial charge in [-0.3, -0.25) is 0 Å². The molecule has 1 aliphatic carbocycles. The predicted octanol–water partition coefficient (Wildman–Crippen LogP) is 2.65. The fraction of sp³-hybridized carbons (Fsp3) is 0.571. The summed E-state index contributed by atoms with van der Waals surface area (Å²) in [4.78, 5) is 2.20. The van der Waals surface area contributed by atoms with Gasteiger partial charge >= 0.3 is 0 Å². The number of likely N-dealkylation sites (N-methyl/N-ethyl adjacent to an activating group) is 2. The summed E-state index contributed by atoms with van der Waals surface area (Å²) in [6, 6.07) is 7.28. The monoisotopic (exact) mass is 236 g/mol. The molecule has 2 rings (SSSR count). The van der Waals surface area contributed by atoms with Crippen LogP contribution in [0.5, 0.6) is 0 Å². The van der Waals surface area contributed by atoms with Crippen LogP contribution in [-0.2, 0) is 0 Å². The molecule has 0 spiro atoms. The van der Waals surface area contributed by atoms with Gasteiger partial charge < -0.3 is 10.2 Å². The van der Waals surface area contributed by atoms with Crippen molar-refractivity contribution in [2.24, 2.45) is 5.92 Å². The van der Waals surface area contributed by atoms with Crippen molar-refractivity contribution >= 4 is 5.69 Å². The van der Waals surface area contributed by atoms with Gasteiger partial charge in [0.25, 0.3) is 0 Å². The Labute approximate surface area is 103 Å². The van der Waals surface area contributed by atoms with Crippen molar-refractivity contribution in [1.29, 1.82) is 0 Å². The third-order valence-electron chi connectivity index (χ3n) is 3.40. The molecule has 1 aromatic rings. The van der Waals surface area contributed by atoms with Crippen LogP contribution in [0.3, 0.4) is 0 Å². The van der Waals surface area contributed by atoms with Crippen LogP contribution in [0.4, 0.5) is 10.1 Å². The molecule has 0 radical (unpaired) electrons. The molecule has 0 bridgehead atoms. The fourth-order valence-corrected chi connectivity index (χ4v) is 2.24.